The number of fused-ring (bicyclic) bond motifs is 3. The number of imide groups is 1. The number of carbonyl (C=O) groups excluding carboxylic acids is 3. The molecule has 0 saturated carbocycles. The van der Waals surface area contributed by atoms with Gasteiger partial charge in [-0.3, -0.25) is 14.5 Å². The molecule has 3 aromatic rings. The maximum atomic E-state index is 12.8. The number of carbonyl (C=O) groups is 3. The van der Waals surface area contributed by atoms with Gasteiger partial charge in [0.25, 0.3) is 5.91 Å². The van der Waals surface area contributed by atoms with Gasteiger partial charge < -0.3 is 19.8 Å². The van der Waals surface area contributed by atoms with Gasteiger partial charge in [-0.15, -0.1) is 0 Å². The van der Waals surface area contributed by atoms with Crippen molar-refractivity contribution >= 4 is 45.5 Å². The maximum Gasteiger partial charge on any atom is 0.325 e. The van der Waals surface area contributed by atoms with E-state index in [-0.39, 0.29) is 12.5 Å². The van der Waals surface area contributed by atoms with Crippen molar-refractivity contribution in [2.24, 2.45) is 5.92 Å². The first kappa shape index (κ1) is 20.7. The summed E-state index contributed by atoms with van der Waals surface area (Å²) in [4.78, 5) is 38.8. The number of hydrogen-bond acceptors (Lipinski definition) is 5. The second kappa shape index (κ2) is 7.61. The smallest absolute Gasteiger partial charge is 0.325 e. The zero-order chi connectivity index (χ0) is 22.3. The van der Waals surface area contributed by atoms with Gasteiger partial charge in [0.1, 0.15) is 29.0 Å². The van der Waals surface area contributed by atoms with E-state index < -0.39 is 23.4 Å². The molecule has 0 bridgehead atoms. The summed E-state index contributed by atoms with van der Waals surface area (Å²) in [5, 5.41) is 7.25. The van der Waals surface area contributed by atoms with Gasteiger partial charge in [-0.2, -0.15) is 0 Å². The van der Waals surface area contributed by atoms with Crippen LogP contribution in [0.3, 0.4) is 0 Å². The van der Waals surface area contributed by atoms with Crippen LogP contribution in [-0.4, -0.2) is 41.9 Å². The summed E-state index contributed by atoms with van der Waals surface area (Å²) < 4.78 is 11.3. The average Bonchev–Trinajstić information content (AvgIpc) is 3.16. The highest BCUT2D eigenvalue weighted by Gasteiger charge is 2.48. The Bertz CT molecular complexity index is 1200. The third-order valence-corrected chi connectivity index (χ3v) is 5.44. The number of hydrogen-bond donors (Lipinski definition) is 2. The van der Waals surface area contributed by atoms with E-state index in [1.165, 1.54) is 7.11 Å². The fourth-order valence-electron chi connectivity index (χ4n) is 4.20. The van der Waals surface area contributed by atoms with Crippen LogP contribution in [0.4, 0.5) is 10.5 Å². The zero-order valence-corrected chi connectivity index (χ0v) is 17.9. The normalized spacial score (nSPS) is 18.8. The molecule has 0 radical (unpaired) electrons. The summed E-state index contributed by atoms with van der Waals surface area (Å²) in [5.41, 5.74) is 0.718. The number of amides is 4. The monoisotopic (exact) mass is 423 g/mol. The van der Waals surface area contributed by atoms with Crippen LogP contribution in [0.25, 0.3) is 21.9 Å². The van der Waals surface area contributed by atoms with Crippen LogP contribution in [0.5, 0.6) is 5.75 Å². The minimum Gasteiger partial charge on any atom is -0.495 e. The van der Waals surface area contributed by atoms with Gasteiger partial charge >= 0.3 is 6.03 Å². The molecular formula is C23H25N3O5. The largest absolute Gasteiger partial charge is 0.495 e. The molecule has 8 nitrogen and oxygen atoms in total. The number of ether oxygens (including phenoxy) is 1. The van der Waals surface area contributed by atoms with E-state index in [2.05, 4.69) is 10.6 Å². The second-order valence-electron chi connectivity index (χ2n) is 8.45. The number of methoxy groups -OCH3 is 1. The van der Waals surface area contributed by atoms with Crippen molar-refractivity contribution < 1.29 is 23.5 Å². The van der Waals surface area contributed by atoms with Crippen molar-refractivity contribution in [1.29, 1.82) is 0 Å². The van der Waals surface area contributed by atoms with Gasteiger partial charge in [0, 0.05) is 16.8 Å². The van der Waals surface area contributed by atoms with Crippen molar-refractivity contribution in [1.82, 2.24) is 10.2 Å². The summed E-state index contributed by atoms with van der Waals surface area (Å²) in [6, 6.07) is 10.5. The quantitative estimate of drug-likeness (QED) is 0.586. The molecule has 2 aromatic carbocycles. The van der Waals surface area contributed by atoms with Gasteiger partial charge in [0.05, 0.1) is 12.8 Å². The van der Waals surface area contributed by atoms with Crippen LogP contribution in [0.1, 0.15) is 27.2 Å². The Hall–Kier alpha value is -3.55. The number of urea groups is 1. The van der Waals surface area contributed by atoms with Crippen LogP contribution in [-0.2, 0) is 9.59 Å². The molecule has 1 fully saturated rings. The van der Waals surface area contributed by atoms with Gasteiger partial charge in [-0.05, 0) is 31.4 Å². The summed E-state index contributed by atoms with van der Waals surface area (Å²) in [6.07, 6.45) is 0.492. The fraction of sp³-hybridized carbons (Fsp3) is 0.348. The highest BCUT2D eigenvalue weighted by atomic mass is 16.5. The number of benzene rings is 2. The predicted molar refractivity (Wildman–Crippen MR) is 117 cm³/mol. The Morgan fingerprint density at radius 2 is 1.94 bits per heavy atom. The van der Waals surface area contributed by atoms with Crippen LogP contribution in [0, 0.1) is 5.92 Å². The van der Waals surface area contributed by atoms with Crippen molar-refractivity contribution in [3.05, 3.63) is 36.4 Å². The van der Waals surface area contributed by atoms with Crippen LogP contribution in [0.15, 0.2) is 40.8 Å². The molecule has 8 heteroatoms. The van der Waals surface area contributed by atoms with E-state index in [0.717, 1.165) is 21.3 Å². The third kappa shape index (κ3) is 3.69. The number of rotatable bonds is 6. The number of furan rings is 1. The minimum absolute atomic E-state index is 0.211. The van der Waals surface area contributed by atoms with E-state index in [1.807, 2.05) is 38.1 Å². The van der Waals surface area contributed by atoms with Crippen LogP contribution < -0.4 is 15.4 Å². The van der Waals surface area contributed by atoms with Gasteiger partial charge in [0.15, 0.2) is 0 Å². The predicted octanol–water partition coefficient (Wildman–Crippen LogP) is 3.89. The summed E-state index contributed by atoms with van der Waals surface area (Å²) >= 11 is 0. The Balaban J connectivity index is 1.56. The Labute approximate surface area is 179 Å². The molecule has 1 atom stereocenters. The standard InChI is InChI=1S/C23H25N3O5/c1-13(2)11-23(3)21(28)26(22(29)25-23)12-20(27)24-16-10-18-15(9-19(16)30-4)14-7-5-6-8-17(14)31-18/h5-10,13H,11-12H2,1-4H3,(H,24,27)(H,25,29)/t23-/m1/s1. The molecule has 4 rings (SSSR count). The average molecular weight is 423 g/mol. The molecule has 1 aliphatic heterocycles. The summed E-state index contributed by atoms with van der Waals surface area (Å²) in [5.74, 6) is -0.246. The van der Waals surface area contributed by atoms with E-state index in [9.17, 15) is 14.4 Å². The first-order valence-corrected chi connectivity index (χ1v) is 10.1. The van der Waals surface area contributed by atoms with Gasteiger partial charge in [-0.1, -0.05) is 32.0 Å². The molecule has 1 saturated heterocycles. The molecule has 31 heavy (non-hydrogen) atoms. The van der Waals surface area contributed by atoms with Crippen LogP contribution >= 0.6 is 0 Å². The molecule has 0 unspecified atom stereocenters. The number of nitrogens with zero attached hydrogens (tertiary/aromatic N) is 1. The SMILES string of the molecule is COc1cc2c(cc1NC(=O)CN1C(=O)N[C@](C)(CC(C)C)C1=O)oc1ccccc12. The molecule has 4 amide bonds. The van der Waals surface area contributed by atoms with E-state index in [4.69, 9.17) is 9.15 Å². The topological polar surface area (TPSA) is 101 Å². The van der Waals surface area contributed by atoms with E-state index in [1.54, 1.807) is 19.1 Å². The van der Waals surface area contributed by atoms with Crippen molar-refractivity contribution in [2.45, 2.75) is 32.7 Å². The van der Waals surface area contributed by atoms with E-state index >= 15 is 0 Å². The van der Waals surface area contributed by atoms with E-state index in [0.29, 0.717) is 23.4 Å². The van der Waals surface area contributed by atoms with Crippen molar-refractivity contribution in [3.63, 3.8) is 0 Å². The number of nitrogens with one attached hydrogen (secondary N) is 2. The van der Waals surface area contributed by atoms with Gasteiger partial charge in [-0.25, -0.2) is 4.79 Å². The lowest BCUT2D eigenvalue weighted by Crippen LogP contribution is -2.45. The molecule has 2 heterocycles. The first-order valence-electron chi connectivity index (χ1n) is 10.1. The number of anilines is 1. The lowest BCUT2D eigenvalue weighted by molar-refractivity contribution is -0.133. The third-order valence-electron chi connectivity index (χ3n) is 5.44. The zero-order valence-electron chi connectivity index (χ0n) is 17.9. The number of para-hydroxylation sites is 1. The summed E-state index contributed by atoms with van der Waals surface area (Å²) in [7, 11) is 1.51. The Kier molecular flexibility index (Phi) is 5.08. The molecule has 0 spiro atoms. The highest BCUT2D eigenvalue weighted by molar-refractivity contribution is 6.11. The lowest BCUT2D eigenvalue weighted by atomic mass is 9.91. The Morgan fingerprint density at radius 1 is 1.19 bits per heavy atom. The summed E-state index contributed by atoms with van der Waals surface area (Å²) in [6.45, 7) is 5.24. The maximum absolute atomic E-state index is 12.8. The van der Waals surface area contributed by atoms with Crippen molar-refractivity contribution in [3.8, 4) is 5.75 Å². The molecule has 1 aromatic heterocycles. The minimum atomic E-state index is -1.00. The molecule has 2 N–H and O–H groups in total. The first-order chi connectivity index (χ1) is 14.7. The van der Waals surface area contributed by atoms with Crippen molar-refractivity contribution in [2.75, 3.05) is 19.0 Å². The van der Waals surface area contributed by atoms with Gasteiger partial charge in [0.2, 0.25) is 5.91 Å². The van der Waals surface area contributed by atoms with Crippen LogP contribution in [0.2, 0.25) is 0 Å². The Morgan fingerprint density at radius 3 is 2.65 bits per heavy atom. The lowest BCUT2D eigenvalue weighted by Gasteiger charge is -2.23. The molecule has 0 aliphatic carbocycles. The fourth-order valence-corrected chi connectivity index (χ4v) is 4.20. The second-order valence-corrected chi connectivity index (χ2v) is 8.45. The molecular weight excluding hydrogens is 398 g/mol. The molecule has 162 valence electrons. The highest BCUT2D eigenvalue weighted by Crippen LogP contribution is 2.36. The molecule has 1 aliphatic rings.